The fourth-order valence-corrected chi connectivity index (χ4v) is 5.16. The van der Waals surface area contributed by atoms with Crippen molar-refractivity contribution in [3.05, 3.63) is 81.1 Å². The molecule has 6 nitrogen and oxygen atoms in total. The molecule has 4 aromatic rings. The second-order valence-electron chi connectivity index (χ2n) is 8.38. The Kier molecular flexibility index (Phi) is 6.19. The lowest BCUT2D eigenvalue weighted by atomic mass is 10.1. The third-order valence-electron chi connectivity index (χ3n) is 5.89. The first-order valence-electron chi connectivity index (χ1n) is 11.2. The van der Waals surface area contributed by atoms with Gasteiger partial charge in [-0.2, -0.15) is 0 Å². The number of hydrogen-bond donors (Lipinski definition) is 1. The average Bonchev–Trinajstić information content (AvgIpc) is 3.31. The largest absolute Gasteiger partial charge is 0.321 e. The number of aromatic nitrogens is 4. The monoisotopic (exact) mass is 479 g/mol. The topological polar surface area (TPSA) is 72.7 Å². The van der Waals surface area contributed by atoms with Gasteiger partial charge in [-0.05, 0) is 55.7 Å². The molecule has 34 heavy (non-hydrogen) atoms. The number of rotatable bonds is 5. The summed E-state index contributed by atoms with van der Waals surface area (Å²) in [5.41, 5.74) is 2.32. The number of aryl methyl sites for hydroxylation is 2. The second kappa shape index (κ2) is 9.42. The van der Waals surface area contributed by atoms with Gasteiger partial charge in [0.05, 0.1) is 16.3 Å². The lowest BCUT2D eigenvalue weighted by Crippen LogP contribution is -2.12. The van der Waals surface area contributed by atoms with Crippen molar-refractivity contribution in [1.82, 2.24) is 19.7 Å². The van der Waals surface area contributed by atoms with E-state index >= 15 is 0 Å². The number of anilines is 1. The minimum Gasteiger partial charge on any atom is -0.321 e. The fourth-order valence-electron chi connectivity index (χ4n) is 4.16. The van der Waals surface area contributed by atoms with Crippen LogP contribution in [0.1, 0.15) is 51.0 Å². The van der Waals surface area contributed by atoms with Gasteiger partial charge in [0.1, 0.15) is 22.3 Å². The first kappa shape index (κ1) is 22.3. The Bertz CT molecular complexity index is 1350. The molecule has 0 atom stereocenters. The highest BCUT2D eigenvalue weighted by molar-refractivity contribution is 7.14. The lowest BCUT2D eigenvalue weighted by Gasteiger charge is -2.10. The zero-order valence-electron chi connectivity index (χ0n) is 18.6. The first-order valence-corrected chi connectivity index (χ1v) is 12.0. The summed E-state index contributed by atoms with van der Waals surface area (Å²) in [6.07, 6.45) is 4.50. The van der Waals surface area contributed by atoms with Gasteiger partial charge in [0.25, 0.3) is 5.91 Å². The molecule has 2 aromatic heterocycles. The Morgan fingerprint density at radius 3 is 2.74 bits per heavy atom. The van der Waals surface area contributed by atoms with E-state index in [1.807, 2.05) is 4.57 Å². The predicted octanol–water partition coefficient (Wildman–Crippen LogP) is 5.56. The van der Waals surface area contributed by atoms with E-state index in [1.54, 1.807) is 25.1 Å². The zero-order chi connectivity index (χ0) is 23.7. The van der Waals surface area contributed by atoms with E-state index < -0.39 is 5.82 Å². The summed E-state index contributed by atoms with van der Waals surface area (Å²) in [5.74, 6) is 0.349. The molecule has 0 fully saturated rings. The molecule has 0 saturated heterocycles. The van der Waals surface area contributed by atoms with E-state index in [4.69, 9.17) is 0 Å². The molecule has 3 heterocycles. The van der Waals surface area contributed by atoms with Gasteiger partial charge in [-0.15, -0.1) is 21.5 Å². The zero-order valence-corrected chi connectivity index (χ0v) is 19.5. The molecular formula is C25H23F2N5OS. The van der Waals surface area contributed by atoms with Gasteiger partial charge in [-0.25, -0.2) is 13.8 Å². The summed E-state index contributed by atoms with van der Waals surface area (Å²) in [5, 5.41) is 12.1. The summed E-state index contributed by atoms with van der Waals surface area (Å²) in [6, 6.07) is 10.7. The van der Waals surface area contributed by atoms with Crippen molar-refractivity contribution in [2.75, 3.05) is 5.32 Å². The van der Waals surface area contributed by atoms with Gasteiger partial charge in [0, 0.05) is 25.1 Å². The highest BCUT2D eigenvalue weighted by Gasteiger charge is 2.20. The van der Waals surface area contributed by atoms with E-state index in [-0.39, 0.29) is 11.7 Å². The van der Waals surface area contributed by atoms with Crippen LogP contribution in [0.5, 0.6) is 0 Å². The molecule has 0 saturated carbocycles. The summed E-state index contributed by atoms with van der Waals surface area (Å²) in [6.45, 7) is 2.53. The Labute approximate surface area is 199 Å². The van der Waals surface area contributed by atoms with Crippen LogP contribution in [0.15, 0.2) is 42.5 Å². The molecule has 9 heteroatoms. The Morgan fingerprint density at radius 2 is 1.91 bits per heavy atom. The maximum Gasteiger partial charge on any atom is 0.267 e. The number of nitrogens with one attached hydrogen (secondary N) is 1. The van der Waals surface area contributed by atoms with Crippen molar-refractivity contribution < 1.29 is 13.6 Å². The number of benzene rings is 2. The maximum atomic E-state index is 14.7. The number of fused-ring (bicyclic) bond motifs is 1. The van der Waals surface area contributed by atoms with Crippen molar-refractivity contribution >= 4 is 22.9 Å². The van der Waals surface area contributed by atoms with Crippen molar-refractivity contribution in [2.45, 2.75) is 45.6 Å². The molecule has 1 amide bonds. The van der Waals surface area contributed by atoms with Crippen LogP contribution in [-0.4, -0.2) is 25.7 Å². The molecule has 2 aromatic carbocycles. The molecular weight excluding hydrogens is 456 g/mol. The summed E-state index contributed by atoms with van der Waals surface area (Å²) in [7, 11) is 0. The van der Waals surface area contributed by atoms with Crippen LogP contribution >= 0.6 is 11.3 Å². The number of thiazole rings is 1. The van der Waals surface area contributed by atoms with Crippen LogP contribution < -0.4 is 5.32 Å². The second-order valence-corrected chi connectivity index (χ2v) is 9.46. The Morgan fingerprint density at radius 1 is 1.09 bits per heavy atom. The standard InChI is InChI=1S/C25H23F2N5OS/c1-15-23(34-22(28-15)13-16-6-8-17(26)9-7-16)25(33)29-18-10-11-20(27)19(14-18)24-31-30-21-5-3-2-4-12-32(21)24/h6-11,14H,2-5,12-13H2,1H3,(H,29,33). The maximum absolute atomic E-state index is 14.7. The van der Waals surface area contributed by atoms with E-state index in [0.717, 1.165) is 48.6 Å². The van der Waals surface area contributed by atoms with Crippen molar-refractivity contribution in [3.63, 3.8) is 0 Å². The number of halogens is 2. The van der Waals surface area contributed by atoms with Gasteiger partial charge in [0.2, 0.25) is 0 Å². The van der Waals surface area contributed by atoms with Gasteiger partial charge < -0.3 is 9.88 Å². The number of amides is 1. The van der Waals surface area contributed by atoms with Gasteiger partial charge >= 0.3 is 0 Å². The molecule has 1 aliphatic rings. The van der Waals surface area contributed by atoms with Crippen molar-refractivity contribution in [2.24, 2.45) is 0 Å². The summed E-state index contributed by atoms with van der Waals surface area (Å²) < 4.78 is 29.9. The summed E-state index contributed by atoms with van der Waals surface area (Å²) >= 11 is 1.29. The van der Waals surface area contributed by atoms with Gasteiger partial charge in [-0.1, -0.05) is 18.6 Å². The number of nitrogens with zero attached hydrogens (tertiary/aromatic N) is 4. The predicted molar refractivity (Wildman–Crippen MR) is 127 cm³/mol. The molecule has 0 unspecified atom stereocenters. The van der Waals surface area contributed by atoms with E-state index in [0.29, 0.717) is 34.1 Å². The quantitative estimate of drug-likeness (QED) is 0.407. The van der Waals surface area contributed by atoms with Crippen molar-refractivity contribution in [1.29, 1.82) is 0 Å². The lowest BCUT2D eigenvalue weighted by molar-refractivity contribution is 0.103. The smallest absolute Gasteiger partial charge is 0.267 e. The molecule has 0 bridgehead atoms. The van der Waals surface area contributed by atoms with E-state index in [2.05, 4.69) is 20.5 Å². The normalized spacial score (nSPS) is 13.4. The van der Waals surface area contributed by atoms with Crippen LogP contribution in [-0.2, 0) is 19.4 Å². The van der Waals surface area contributed by atoms with Crippen LogP contribution in [0.2, 0.25) is 0 Å². The average molecular weight is 480 g/mol. The van der Waals surface area contributed by atoms with E-state index in [1.165, 1.54) is 35.6 Å². The Hall–Kier alpha value is -3.46. The Balaban J connectivity index is 1.36. The third-order valence-corrected chi connectivity index (χ3v) is 7.05. The van der Waals surface area contributed by atoms with E-state index in [9.17, 15) is 13.6 Å². The molecule has 5 rings (SSSR count). The SMILES string of the molecule is Cc1nc(Cc2ccc(F)cc2)sc1C(=O)Nc1ccc(F)c(-c2nnc3n2CCCCC3)c1. The van der Waals surface area contributed by atoms with Crippen molar-refractivity contribution in [3.8, 4) is 11.4 Å². The minimum absolute atomic E-state index is 0.292. The van der Waals surface area contributed by atoms with Gasteiger partial charge in [0.15, 0.2) is 5.82 Å². The fraction of sp³-hybridized carbons (Fsp3) is 0.280. The highest BCUT2D eigenvalue weighted by atomic mass is 32.1. The minimum atomic E-state index is -0.409. The van der Waals surface area contributed by atoms with Crippen LogP contribution in [0.4, 0.5) is 14.5 Å². The third kappa shape index (κ3) is 4.61. The van der Waals surface area contributed by atoms with Gasteiger partial charge in [-0.3, -0.25) is 4.79 Å². The number of hydrogen-bond acceptors (Lipinski definition) is 5. The summed E-state index contributed by atoms with van der Waals surface area (Å²) in [4.78, 5) is 18.0. The molecule has 0 spiro atoms. The molecule has 1 N–H and O–H groups in total. The van der Waals surface area contributed by atoms with Crippen LogP contribution in [0.25, 0.3) is 11.4 Å². The highest BCUT2D eigenvalue weighted by Crippen LogP contribution is 2.28. The van der Waals surface area contributed by atoms with Crippen LogP contribution in [0, 0.1) is 18.6 Å². The number of carbonyl (C=O) groups is 1. The van der Waals surface area contributed by atoms with Crippen LogP contribution in [0.3, 0.4) is 0 Å². The molecule has 0 aliphatic carbocycles. The molecule has 0 radical (unpaired) electrons. The molecule has 1 aliphatic heterocycles. The number of carbonyl (C=O) groups excluding carboxylic acids is 1. The molecule has 174 valence electrons. The first-order chi connectivity index (χ1) is 16.5.